The SMILES string of the molecule is O=C(O)c1ccc(-c2cnc(N3CCOCC3)c3nc(/C=C/c4ccc5ccccc5n4)cn23)cn1. The van der Waals surface area contributed by atoms with E-state index in [0.717, 1.165) is 52.5 Å². The second kappa shape index (κ2) is 9.20. The molecule has 5 heterocycles. The molecule has 1 aromatic carbocycles. The maximum Gasteiger partial charge on any atom is 0.354 e. The molecule has 1 saturated heterocycles. The number of morpholine rings is 1. The van der Waals surface area contributed by atoms with Crippen LogP contribution < -0.4 is 4.90 Å². The number of fused-ring (bicyclic) bond motifs is 2. The second-order valence-electron chi connectivity index (χ2n) is 8.43. The third-order valence-electron chi connectivity index (χ3n) is 6.13. The molecule has 6 rings (SSSR count). The van der Waals surface area contributed by atoms with Crippen LogP contribution in [0.4, 0.5) is 5.82 Å². The number of carboxylic acid groups (broad SMARTS) is 1. The number of carbonyl (C=O) groups is 1. The molecule has 0 atom stereocenters. The van der Waals surface area contributed by atoms with Crippen molar-refractivity contribution in [3.63, 3.8) is 0 Å². The Kier molecular flexibility index (Phi) is 5.59. The van der Waals surface area contributed by atoms with Gasteiger partial charge in [-0.15, -0.1) is 0 Å². The van der Waals surface area contributed by atoms with Gasteiger partial charge in [-0.05, 0) is 36.4 Å². The van der Waals surface area contributed by atoms with E-state index in [2.05, 4.69) is 16.0 Å². The molecule has 9 nitrogen and oxygen atoms in total. The van der Waals surface area contributed by atoms with Gasteiger partial charge in [0.25, 0.3) is 0 Å². The van der Waals surface area contributed by atoms with Crippen molar-refractivity contribution in [2.24, 2.45) is 0 Å². The highest BCUT2D eigenvalue weighted by Crippen LogP contribution is 2.27. The summed E-state index contributed by atoms with van der Waals surface area (Å²) in [6, 6.07) is 15.3. The van der Waals surface area contributed by atoms with Crippen LogP contribution in [0, 0.1) is 0 Å². The van der Waals surface area contributed by atoms with Gasteiger partial charge in [-0.25, -0.2) is 24.7 Å². The number of hydrogen-bond acceptors (Lipinski definition) is 7. The van der Waals surface area contributed by atoms with Crippen LogP contribution in [0.3, 0.4) is 0 Å². The maximum atomic E-state index is 11.2. The van der Waals surface area contributed by atoms with Gasteiger partial charge in [-0.1, -0.05) is 24.3 Å². The summed E-state index contributed by atoms with van der Waals surface area (Å²) in [5, 5.41) is 10.3. The van der Waals surface area contributed by atoms with Crippen LogP contribution >= 0.6 is 0 Å². The second-order valence-corrected chi connectivity index (χ2v) is 8.43. The van der Waals surface area contributed by atoms with Crippen LogP contribution in [0.2, 0.25) is 0 Å². The number of carboxylic acids is 1. The Bertz CT molecular complexity index is 1600. The van der Waals surface area contributed by atoms with Gasteiger partial charge >= 0.3 is 5.97 Å². The van der Waals surface area contributed by atoms with Crippen molar-refractivity contribution in [2.75, 3.05) is 31.2 Å². The first kappa shape index (κ1) is 21.9. The fraction of sp³-hybridized carbons (Fsp3) is 0.148. The lowest BCUT2D eigenvalue weighted by molar-refractivity contribution is 0.0690. The van der Waals surface area contributed by atoms with Crippen LogP contribution in [0.1, 0.15) is 21.9 Å². The Hall–Kier alpha value is -4.63. The van der Waals surface area contributed by atoms with Crippen LogP contribution in [-0.4, -0.2) is 61.7 Å². The molecule has 5 aromatic rings. The van der Waals surface area contributed by atoms with Crippen molar-refractivity contribution in [2.45, 2.75) is 0 Å². The molecule has 4 aromatic heterocycles. The molecule has 0 bridgehead atoms. The Morgan fingerprint density at radius 2 is 1.75 bits per heavy atom. The minimum Gasteiger partial charge on any atom is -0.477 e. The van der Waals surface area contributed by atoms with Crippen molar-refractivity contribution in [3.8, 4) is 11.3 Å². The number of imidazole rings is 1. The van der Waals surface area contributed by atoms with Gasteiger partial charge in [0.2, 0.25) is 0 Å². The molecule has 1 fully saturated rings. The van der Waals surface area contributed by atoms with E-state index in [1.165, 1.54) is 6.07 Å². The molecule has 178 valence electrons. The smallest absolute Gasteiger partial charge is 0.354 e. The average molecular weight is 479 g/mol. The van der Waals surface area contributed by atoms with Gasteiger partial charge in [0.1, 0.15) is 5.69 Å². The molecular weight excluding hydrogens is 456 g/mol. The van der Waals surface area contributed by atoms with E-state index in [0.29, 0.717) is 18.9 Å². The normalized spacial score (nSPS) is 14.2. The lowest BCUT2D eigenvalue weighted by Crippen LogP contribution is -2.37. The Morgan fingerprint density at radius 1 is 0.917 bits per heavy atom. The Morgan fingerprint density at radius 3 is 2.56 bits per heavy atom. The number of benzene rings is 1. The van der Waals surface area contributed by atoms with Crippen molar-refractivity contribution in [1.82, 2.24) is 24.3 Å². The quantitative estimate of drug-likeness (QED) is 0.403. The highest BCUT2D eigenvalue weighted by Gasteiger charge is 2.20. The summed E-state index contributed by atoms with van der Waals surface area (Å²) in [4.78, 5) is 31.8. The first-order valence-electron chi connectivity index (χ1n) is 11.6. The summed E-state index contributed by atoms with van der Waals surface area (Å²) in [5.41, 5.74) is 4.74. The Balaban J connectivity index is 1.42. The fourth-order valence-corrected chi connectivity index (χ4v) is 4.29. The third-order valence-corrected chi connectivity index (χ3v) is 6.13. The van der Waals surface area contributed by atoms with Crippen LogP contribution in [0.5, 0.6) is 0 Å². The number of aromatic carboxylic acids is 1. The zero-order valence-electron chi connectivity index (χ0n) is 19.3. The first-order chi connectivity index (χ1) is 17.7. The molecule has 0 spiro atoms. The zero-order valence-corrected chi connectivity index (χ0v) is 19.3. The number of pyridine rings is 2. The molecule has 0 unspecified atom stereocenters. The molecule has 1 aliphatic rings. The van der Waals surface area contributed by atoms with Gasteiger partial charge in [-0.3, -0.25) is 4.40 Å². The minimum absolute atomic E-state index is 0.00923. The fourth-order valence-electron chi connectivity index (χ4n) is 4.29. The van der Waals surface area contributed by atoms with E-state index in [1.54, 1.807) is 18.5 Å². The molecule has 0 saturated carbocycles. The number of anilines is 1. The molecule has 0 amide bonds. The molecule has 36 heavy (non-hydrogen) atoms. The predicted octanol–water partition coefficient (Wildman–Crippen LogP) is 4.04. The maximum absolute atomic E-state index is 11.2. The number of ether oxygens (including phenoxy) is 1. The number of hydrogen-bond donors (Lipinski definition) is 1. The standard InChI is InChI=1S/C27H22N6O3/c34-27(35)23-10-6-19(15-28-23)24-16-29-25(32-11-13-36-14-12-32)26-31-21(17-33(24)26)9-8-20-7-5-18-3-1-2-4-22(18)30-20/h1-10,15-17H,11-14H2,(H,34,35)/b9-8+. The minimum atomic E-state index is -1.06. The molecular formula is C27H22N6O3. The van der Waals surface area contributed by atoms with Gasteiger partial charge in [0, 0.05) is 36.4 Å². The van der Waals surface area contributed by atoms with Crippen molar-refractivity contribution in [1.29, 1.82) is 0 Å². The summed E-state index contributed by atoms with van der Waals surface area (Å²) < 4.78 is 7.48. The summed E-state index contributed by atoms with van der Waals surface area (Å²) in [5.74, 6) is -0.287. The van der Waals surface area contributed by atoms with Crippen LogP contribution in [0.15, 0.2) is 67.1 Å². The zero-order chi connectivity index (χ0) is 24.5. The summed E-state index contributed by atoms with van der Waals surface area (Å²) in [6.07, 6.45) is 9.14. The summed E-state index contributed by atoms with van der Waals surface area (Å²) >= 11 is 0. The van der Waals surface area contributed by atoms with E-state index < -0.39 is 5.97 Å². The first-order valence-corrected chi connectivity index (χ1v) is 11.6. The highest BCUT2D eigenvalue weighted by atomic mass is 16.5. The third kappa shape index (κ3) is 4.16. The molecule has 0 aliphatic carbocycles. The van der Waals surface area contributed by atoms with Gasteiger partial charge < -0.3 is 14.7 Å². The van der Waals surface area contributed by atoms with Gasteiger partial charge in [0.15, 0.2) is 11.5 Å². The number of para-hydroxylation sites is 1. The topological polar surface area (TPSA) is 106 Å². The van der Waals surface area contributed by atoms with Crippen molar-refractivity contribution in [3.05, 3.63) is 84.2 Å². The molecule has 1 N–H and O–H groups in total. The lowest BCUT2D eigenvalue weighted by atomic mass is 10.2. The molecule has 0 radical (unpaired) electrons. The summed E-state index contributed by atoms with van der Waals surface area (Å²) in [7, 11) is 0. The monoisotopic (exact) mass is 478 g/mol. The van der Waals surface area contributed by atoms with E-state index in [-0.39, 0.29) is 5.69 Å². The Labute approximate surface area is 206 Å². The van der Waals surface area contributed by atoms with E-state index in [9.17, 15) is 9.90 Å². The predicted molar refractivity (Wildman–Crippen MR) is 137 cm³/mol. The molecule has 1 aliphatic heterocycles. The average Bonchev–Trinajstić information content (AvgIpc) is 3.36. The van der Waals surface area contributed by atoms with Crippen LogP contribution in [-0.2, 0) is 4.74 Å². The van der Waals surface area contributed by atoms with E-state index in [1.807, 2.05) is 53.1 Å². The van der Waals surface area contributed by atoms with Gasteiger partial charge in [-0.2, -0.15) is 0 Å². The lowest BCUT2D eigenvalue weighted by Gasteiger charge is -2.28. The number of aromatic nitrogens is 5. The van der Waals surface area contributed by atoms with Crippen molar-refractivity contribution < 1.29 is 14.6 Å². The number of nitrogens with zero attached hydrogens (tertiary/aromatic N) is 6. The van der Waals surface area contributed by atoms with E-state index in [4.69, 9.17) is 19.7 Å². The van der Waals surface area contributed by atoms with E-state index >= 15 is 0 Å². The number of rotatable bonds is 5. The van der Waals surface area contributed by atoms with Gasteiger partial charge in [0.05, 0.1) is 42.0 Å². The largest absolute Gasteiger partial charge is 0.477 e. The van der Waals surface area contributed by atoms with Crippen molar-refractivity contribution >= 4 is 40.5 Å². The molecule has 9 heteroatoms. The highest BCUT2D eigenvalue weighted by molar-refractivity contribution is 5.86. The van der Waals surface area contributed by atoms with Crippen LogP contribution in [0.25, 0.3) is 40.0 Å². The summed E-state index contributed by atoms with van der Waals surface area (Å²) in [6.45, 7) is 2.74.